The minimum absolute atomic E-state index is 0.0842. The molecule has 1 unspecified atom stereocenters. The molecule has 104 valence electrons. The van der Waals surface area contributed by atoms with Crippen molar-refractivity contribution in [1.29, 1.82) is 5.26 Å². The normalized spacial score (nSPS) is 12.1. The van der Waals surface area contributed by atoms with Gasteiger partial charge in [0.05, 0.1) is 12.1 Å². The predicted molar refractivity (Wildman–Crippen MR) is 84.9 cm³/mol. The van der Waals surface area contributed by atoms with Gasteiger partial charge in [-0.1, -0.05) is 36.4 Å². The molecule has 2 aromatic carbocycles. The van der Waals surface area contributed by atoms with Gasteiger partial charge < -0.3 is 10.2 Å². The van der Waals surface area contributed by atoms with Crippen LogP contribution in [0.3, 0.4) is 0 Å². The van der Waals surface area contributed by atoms with Crippen molar-refractivity contribution in [1.82, 2.24) is 5.32 Å². The van der Waals surface area contributed by atoms with E-state index in [1.54, 1.807) is 0 Å². The molecule has 2 aromatic rings. The minimum atomic E-state index is -0.0842. The monoisotopic (exact) mass is 267 g/mol. The largest absolute Gasteiger partial charge is 0.371 e. The van der Waals surface area contributed by atoms with Gasteiger partial charge in [0.2, 0.25) is 0 Å². The molecule has 3 heteroatoms. The molecule has 0 heterocycles. The van der Waals surface area contributed by atoms with Gasteiger partial charge in [0, 0.05) is 24.2 Å². The molecule has 0 aliphatic carbocycles. The van der Waals surface area contributed by atoms with Gasteiger partial charge in [0.1, 0.15) is 0 Å². The van der Waals surface area contributed by atoms with Crippen molar-refractivity contribution < 1.29 is 0 Å². The Hall–Kier alpha value is -2.05. The number of anilines is 1. The number of hydrogen-bond donors (Lipinski definition) is 1. The number of fused-ring (bicyclic) bond motifs is 1. The van der Waals surface area contributed by atoms with E-state index in [0.717, 1.165) is 19.5 Å². The Labute approximate surface area is 120 Å². The highest BCUT2D eigenvalue weighted by Gasteiger charge is 2.11. The van der Waals surface area contributed by atoms with Crippen LogP contribution in [0.4, 0.5) is 5.69 Å². The van der Waals surface area contributed by atoms with Crippen LogP contribution in [0.25, 0.3) is 10.8 Å². The average Bonchev–Trinajstić information content (AvgIpc) is 2.51. The van der Waals surface area contributed by atoms with Gasteiger partial charge in [-0.2, -0.15) is 5.26 Å². The summed E-state index contributed by atoms with van der Waals surface area (Å²) in [5.74, 6) is 0. The molecule has 0 aliphatic heterocycles. The van der Waals surface area contributed by atoms with E-state index in [9.17, 15) is 0 Å². The molecule has 0 saturated carbocycles. The fraction of sp³-hybridized carbons (Fsp3) is 0.353. The zero-order chi connectivity index (χ0) is 14.4. The Morgan fingerprint density at radius 1 is 1.20 bits per heavy atom. The van der Waals surface area contributed by atoms with Crippen LogP contribution in [0.1, 0.15) is 13.3 Å². The maximum Gasteiger partial charge on any atom is 0.0967 e. The van der Waals surface area contributed by atoms with Gasteiger partial charge in [-0.25, -0.2) is 0 Å². The molecule has 0 aliphatic rings. The molecular formula is C17H21N3. The van der Waals surface area contributed by atoms with Crippen LogP contribution >= 0.6 is 0 Å². The summed E-state index contributed by atoms with van der Waals surface area (Å²) in [4.78, 5) is 2.34. The molecular weight excluding hydrogens is 246 g/mol. The first kappa shape index (κ1) is 14.4. The van der Waals surface area contributed by atoms with E-state index in [-0.39, 0.29) is 6.04 Å². The first-order valence-electron chi connectivity index (χ1n) is 7.09. The van der Waals surface area contributed by atoms with Gasteiger partial charge in [0.25, 0.3) is 0 Å². The lowest BCUT2D eigenvalue weighted by Crippen LogP contribution is -2.31. The van der Waals surface area contributed by atoms with Gasteiger partial charge >= 0.3 is 0 Å². The first-order valence-corrected chi connectivity index (χ1v) is 7.09. The van der Waals surface area contributed by atoms with Crippen LogP contribution < -0.4 is 10.2 Å². The van der Waals surface area contributed by atoms with Crippen LogP contribution in [0.5, 0.6) is 0 Å². The quantitative estimate of drug-likeness (QED) is 0.873. The summed E-state index contributed by atoms with van der Waals surface area (Å²) in [6.45, 7) is 3.97. The Bertz CT molecular complexity index is 595. The smallest absolute Gasteiger partial charge is 0.0967 e. The fourth-order valence-electron chi connectivity index (χ4n) is 2.49. The van der Waals surface area contributed by atoms with Crippen LogP contribution in [-0.4, -0.2) is 26.2 Å². The maximum atomic E-state index is 9.02. The molecule has 1 atom stereocenters. The molecule has 0 aromatic heterocycles. The Balaban J connectivity index is 2.24. The average molecular weight is 267 g/mol. The highest BCUT2D eigenvalue weighted by atomic mass is 15.1. The minimum Gasteiger partial charge on any atom is -0.371 e. The summed E-state index contributed by atoms with van der Waals surface area (Å²) in [7, 11) is 1.84. The lowest BCUT2D eigenvalue weighted by Gasteiger charge is -2.25. The molecule has 0 bridgehead atoms. The van der Waals surface area contributed by atoms with E-state index in [2.05, 4.69) is 65.7 Å². The second-order valence-electron chi connectivity index (χ2n) is 4.84. The molecule has 0 radical (unpaired) electrons. The third kappa shape index (κ3) is 3.09. The van der Waals surface area contributed by atoms with Gasteiger partial charge in [-0.3, -0.25) is 0 Å². The summed E-state index contributed by atoms with van der Waals surface area (Å²) in [6, 6.07) is 17.0. The van der Waals surface area contributed by atoms with Crippen molar-refractivity contribution in [3.05, 3.63) is 42.5 Å². The second-order valence-corrected chi connectivity index (χ2v) is 4.84. The number of nitrogens with zero attached hydrogens (tertiary/aromatic N) is 2. The highest BCUT2D eigenvalue weighted by molar-refractivity contribution is 5.94. The van der Waals surface area contributed by atoms with E-state index in [4.69, 9.17) is 5.26 Å². The molecule has 0 saturated heterocycles. The summed E-state index contributed by atoms with van der Waals surface area (Å²) in [5.41, 5.74) is 1.25. The summed E-state index contributed by atoms with van der Waals surface area (Å²) >= 11 is 0. The lowest BCUT2D eigenvalue weighted by atomic mass is 10.1. The molecule has 0 spiro atoms. The van der Waals surface area contributed by atoms with Crippen molar-refractivity contribution >= 4 is 16.5 Å². The third-order valence-electron chi connectivity index (χ3n) is 3.68. The third-order valence-corrected chi connectivity index (χ3v) is 3.68. The van der Waals surface area contributed by atoms with E-state index < -0.39 is 0 Å². The Morgan fingerprint density at radius 2 is 1.95 bits per heavy atom. The van der Waals surface area contributed by atoms with Crippen LogP contribution in [0.15, 0.2) is 42.5 Å². The topological polar surface area (TPSA) is 39.1 Å². The lowest BCUT2D eigenvalue weighted by molar-refractivity contribution is 0.612. The van der Waals surface area contributed by atoms with Crippen LogP contribution in [0, 0.1) is 11.3 Å². The Morgan fingerprint density at radius 3 is 2.65 bits per heavy atom. The number of nitriles is 1. The molecule has 0 amide bonds. The van der Waals surface area contributed by atoms with E-state index in [1.807, 2.05) is 7.05 Å². The van der Waals surface area contributed by atoms with Crippen molar-refractivity contribution in [2.45, 2.75) is 19.4 Å². The SMILES string of the molecule is CCN(CCC(C#N)NC)c1cccc2ccccc12. The van der Waals surface area contributed by atoms with Gasteiger partial charge in [0.15, 0.2) is 0 Å². The van der Waals surface area contributed by atoms with Crippen LogP contribution in [0.2, 0.25) is 0 Å². The number of nitrogens with one attached hydrogen (secondary N) is 1. The highest BCUT2D eigenvalue weighted by Crippen LogP contribution is 2.26. The fourth-order valence-corrected chi connectivity index (χ4v) is 2.49. The van der Waals surface area contributed by atoms with Crippen molar-refractivity contribution in [3.8, 4) is 6.07 Å². The number of hydrogen-bond acceptors (Lipinski definition) is 3. The molecule has 2 rings (SSSR count). The Kier molecular flexibility index (Phi) is 4.97. The standard InChI is InChI=1S/C17H21N3/c1-3-20(12-11-15(13-18)19-2)17-10-6-8-14-7-4-5-9-16(14)17/h4-10,15,19H,3,11-12H2,1-2H3. The van der Waals surface area contributed by atoms with Crippen molar-refractivity contribution in [3.63, 3.8) is 0 Å². The molecule has 3 nitrogen and oxygen atoms in total. The van der Waals surface area contributed by atoms with E-state index in [0.29, 0.717) is 0 Å². The summed E-state index contributed by atoms with van der Waals surface area (Å²) in [6.07, 6.45) is 0.823. The van der Waals surface area contributed by atoms with Gasteiger partial charge in [-0.15, -0.1) is 0 Å². The van der Waals surface area contributed by atoms with Crippen molar-refractivity contribution in [2.24, 2.45) is 0 Å². The van der Waals surface area contributed by atoms with Gasteiger partial charge in [-0.05, 0) is 31.8 Å². The molecule has 1 N–H and O–H groups in total. The summed E-state index contributed by atoms with van der Waals surface area (Å²) < 4.78 is 0. The number of rotatable bonds is 6. The van der Waals surface area contributed by atoms with E-state index >= 15 is 0 Å². The second kappa shape index (κ2) is 6.93. The zero-order valence-corrected chi connectivity index (χ0v) is 12.1. The molecule has 20 heavy (non-hydrogen) atoms. The zero-order valence-electron chi connectivity index (χ0n) is 12.1. The molecule has 0 fully saturated rings. The van der Waals surface area contributed by atoms with Crippen molar-refractivity contribution in [2.75, 3.05) is 25.0 Å². The predicted octanol–water partition coefficient (Wildman–Crippen LogP) is 3.17. The maximum absolute atomic E-state index is 9.02. The summed E-state index contributed by atoms with van der Waals surface area (Å²) in [5, 5.41) is 14.6. The van der Waals surface area contributed by atoms with Crippen LogP contribution in [-0.2, 0) is 0 Å². The van der Waals surface area contributed by atoms with E-state index in [1.165, 1.54) is 16.5 Å². The number of benzene rings is 2. The first-order chi connectivity index (χ1) is 9.80.